The summed E-state index contributed by atoms with van der Waals surface area (Å²) >= 11 is 6.75. The van der Waals surface area contributed by atoms with E-state index < -0.39 is 0 Å². The van der Waals surface area contributed by atoms with Crippen molar-refractivity contribution in [3.8, 4) is 0 Å². The van der Waals surface area contributed by atoms with Gasteiger partial charge in [-0.25, -0.2) is 4.98 Å². The fourth-order valence-electron chi connectivity index (χ4n) is 1.04. The van der Waals surface area contributed by atoms with Crippen LogP contribution >= 0.6 is 31.9 Å². The highest BCUT2D eigenvalue weighted by Crippen LogP contribution is 2.23. The van der Waals surface area contributed by atoms with E-state index >= 15 is 0 Å². The number of fused-ring (bicyclic) bond motifs is 1. The molecule has 0 atom stereocenters. The van der Waals surface area contributed by atoms with Crippen LogP contribution in [0.15, 0.2) is 33.2 Å². The Labute approximate surface area is 87.1 Å². The number of benzene rings is 1. The molecule has 2 aromatic rings. The third kappa shape index (κ3) is 1.39. The fourth-order valence-corrected chi connectivity index (χ4v) is 1.85. The molecule has 0 spiro atoms. The van der Waals surface area contributed by atoms with Gasteiger partial charge in [-0.05, 0) is 44.0 Å². The number of aromatic nitrogens is 1. The molecule has 0 aliphatic rings. The van der Waals surface area contributed by atoms with Gasteiger partial charge in [0.15, 0.2) is 0 Å². The number of rotatable bonds is 0. The van der Waals surface area contributed by atoms with Crippen molar-refractivity contribution in [1.82, 2.24) is 4.98 Å². The first kappa shape index (κ1) is 8.20. The molecule has 0 N–H and O–H groups in total. The molecule has 0 fully saturated rings. The van der Waals surface area contributed by atoms with Crippen molar-refractivity contribution in [1.29, 1.82) is 0 Å². The van der Waals surface area contributed by atoms with Gasteiger partial charge in [0.2, 0.25) is 0 Å². The molecule has 1 aromatic carbocycles. The molecule has 0 unspecified atom stereocenters. The van der Waals surface area contributed by atoms with Crippen LogP contribution in [0.1, 0.15) is 0 Å². The van der Waals surface area contributed by atoms with Gasteiger partial charge in [0.1, 0.15) is 6.20 Å². The van der Waals surface area contributed by atoms with Gasteiger partial charge in [-0.3, -0.25) is 0 Å². The molecular formula is C9H4Br2N. The lowest BCUT2D eigenvalue weighted by Crippen LogP contribution is -1.79. The Hall–Kier alpha value is -0.410. The number of para-hydroxylation sites is 1. The summed E-state index contributed by atoms with van der Waals surface area (Å²) in [5.74, 6) is 0. The summed E-state index contributed by atoms with van der Waals surface area (Å²) < 4.78 is 1.89. The summed E-state index contributed by atoms with van der Waals surface area (Å²) in [5, 5.41) is 1.11. The van der Waals surface area contributed by atoms with Gasteiger partial charge in [-0.1, -0.05) is 12.1 Å². The average molecular weight is 286 g/mol. The van der Waals surface area contributed by atoms with E-state index in [1.807, 2.05) is 24.3 Å². The van der Waals surface area contributed by atoms with Crippen molar-refractivity contribution in [3.63, 3.8) is 0 Å². The number of pyridine rings is 1. The SMILES string of the molecule is Brc1[c]nc2c(Br)cccc2c1. The predicted molar refractivity (Wildman–Crippen MR) is 56.0 cm³/mol. The normalized spacial score (nSPS) is 10.5. The minimum absolute atomic E-state index is 0.883. The van der Waals surface area contributed by atoms with E-state index in [1.165, 1.54) is 0 Å². The van der Waals surface area contributed by atoms with E-state index in [-0.39, 0.29) is 0 Å². The Balaban J connectivity index is 2.86. The monoisotopic (exact) mass is 284 g/mol. The molecule has 1 heterocycles. The van der Waals surface area contributed by atoms with E-state index in [0.29, 0.717) is 0 Å². The smallest absolute Gasteiger partial charge is 0.105 e. The first-order valence-electron chi connectivity index (χ1n) is 3.40. The molecule has 0 aliphatic carbocycles. The van der Waals surface area contributed by atoms with Crippen LogP contribution in [-0.2, 0) is 0 Å². The van der Waals surface area contributed by atoms with Crippen LogP contribution in [0.25, 0.3) is 10.9 Å². The Kier molecular flexibility index (Phi) is 2.15. The third-order valence-corrected chi connectivity index (χ3v) is 2.62. The van der Waals surface area contributed by atoms with E-state index in [2.05, 4.69) is 43.0 Å². The molecular weight excluding hydrogens is 282 g/mol. The zero-order valence-corrected chi connectivity index (χ0v) is 9.18. The fraction of sp³-hybridized carbons (Fsp3) is 0. The van der Waals surface area contributed by atoms with Crippen LogP contribution in [0.5, 0.6) is 0 Å². The molecule has 1 aromatic heterocycles. The number of halogens is 2. The van der Waals surface area contributed by atoms with Crippen molar-refractivity contribution in [2.45, 2.75) is 0 Å². The highest BCUT2D eigenvalue weighted by Gasteiger charge is 1.98. The Morgan fingerprint density at radius 1 is 1.25 bits per heavy atom. The maximum Gasteiger partial charge on any atom is 0.105 e. The van der Waals surface area contributed by atoms with Crippen LogP contribution < -0.4 is 0 Å². The Morgan fingerprint density at radius 3 is 2.92 bits per heavy atom. The maximum atomic E-state index is 4.16. The van der Waals surface area contributed by atoms with Gasteiger partial charge in [0, 0.05) is 14.3 Å². The molecule has 0 saturated heterocycles. The molecule has 1 radical (unpaired) electrons. The molecule has 0 aliphatic heterocycles. The van der Waals surface area contributed by atoms with Crippen LogP contribution in [0.4, 0.5) is 0 Å². The summed E-state index contributed by atoms with van der Waals surface area (Å²) in [4.78, 5) is 4.16. The summed E-state index contributed by atoms with van der Waals surface area (Å²) in [6.07, 6.45) is 2.85. The third-order valence-electron chi connectivity index (χ3n) is 1.57. The highest BCUT2D eigenvalue weighted by atomic mass is 79.9. The molecule has 0 saturated carbocycles. The van der Waals surface area contributed by atoms with Gasteiger partial charge in [-0.2, -0.15) is 0 Å². The molecule has 0 amide bonds. The van der Waals surface area contributed by atoms with Crippen LogP contribution in [0, 0.1) is 6.20 Å². The second kappa shape index (κ2) is 3.15. The summed E-state index contributed by atoms with van der Waals surface area (Å²) in [6, 6.07) is 7.97. The predicted octanol–water partition coefficient (Wildman–Crippen LogP) is 3.56. The first-order valence-corrected chi connectivity index (χ1v) is 4.98. The van der Waals surface area contributed by atoms with Crippen molar-refractivity contribution < 1.29 is 0 Å². The minimum Gasteiger partial charge on any atom is -0.244 e. The molecule has 0 bridgehead atoms. The minimum atomic E-state index is 0.883. The summed E-state index contributed by atoms with van der Waals surface area (Å²) in [7, 11) is 0. The van der Waals surface area contributed by atoms with Gasteiger partial charge < -0.3 is 0 Å². The van der Waals surface area contributed by atoms with Crippen molar-refractivity contribution >= 4 is 42.8 Å². The Bertz CT molecular complexity index is 426. The lowest BCUT2D eigenvalue weighted by Gasteiger charge is -1.98. The topological polar surface area (TPSA) is 12.9 Å². The van der Waals surface area contributed by atoms with Crippen LogP contribution in [0.2, 0.25) is 0 Å². The molecule has 1 nitrogen and oxygen atoms in total. The van der Waals surface area contributed by atoms with Crippen molar-refractivity contribution in [2.24, 2.45) is 0 Å². The lowest BCUT2D eigenvalue weighted by atomic mass is 10.2. The van der Waals surface area contributed by atoms with Crippen molar-refractivity contribution in [3.05, 3.63) is 39.4 Å². The van der Waals surface area contributed by atoms with E-state index in [9.17, 15) is 0 Å². The number of hydrogen-bond donors (Lipinski definition) is 0. The maximum absolute atomic E-state index is 4.16. The second-order valence-electron chi connectivity index (χ2n) is 2.39. The molecule has 12 heavy (non-hydrogen) atoms. The lowest BCUT2D eigenvalue weighted by molar-refractivity contribution is 1.36. The van der Waals surface area contributed by atoms with Crippen molar-refractivity contribution in [2.75, 3.05) is 0 Å². The largest absolute Gasteiger partial charge is 0.244 e. The summed E-state index contributed by atoms with van der Waals surface area (Å²) in [5.41, 5.74) is 0.945. The van der Waals surface area contributed by atoms with Gasteiger partial charge in [-0.15, -0.1) is 0 Å². The quantitative estimate of drug-likeness (QED) is 0.721. The Morgan fingerprint density at radius 2 is 2.08 bits per heavy atom. The first-order chi connectivity index (χ1) is 5.77. The average Bonchev–Trinajstić information content (AvgIpc) is 2.04. The van der Waals surface area contributed by atoms with Gasteiger partial charge in [0.25, 0.3) is 0 Å². The molecule has 59 valence electrons. The standard InChI is InChI=1S/C9H4Br2N/c10-7-4-6-2-1-3-8(11)9(6)12-5-7/h1-4H. The van der Waals surface area contributed by atoms with Gasteiger partial charge >= 0.3 is 0 Å². The van der Waals surface area contributed by atoms with Crippen LogP contribution in [0.3, 0.4) is 0 Å². The zero-order chi connectivity index (χ0) is 8.55. The van der Waals surface area contributed by atoms with E-state index in [1.54, 1.807) is 0 Å². The number of nitrogens with zero attached hydrogens (tertiary/aromatic N) is 1. The molecule has 3 heteroatoms. The second-order valence-corrected chi connectivity index (χ2v) is 4.10. The number of hydrogen-bond acceptors (Lipinski definition) is 1. The van der Waals surface area contributed by atoms with E-state index in [4.69, 9.17) is 0 Å². The zero-order valence-electron chi connectivity index (χ0n) is 6.01. The van der Waals surface area contributed by atoms with Crippen LogP contribution in [-0.4, -0.2) is 4.98 Å². The molecule has 2 rings (SSSR count). The van der Waals surface area contributed by atoms with E-state index in [0.717, 1.165) is 19.8 Å². The highest BCUT2D eigenvalue weighted by molar-refractivity contribution is 9.11. The van der Waals surface area contributed by atoms with Gasteiger partial charge in [0.05, 0.1) is 5.52 Å². The summed E-state index contributed by atoms with van der Waals surface area (Å²) in [6.45, 7) is 0.